The molecular formula is C23H23ClN2O4S. The third kappa shape index (κ3) is 5.17. The first-order valence-electron chi connectivity index (χ1n) is 10.3. The lowest BCUT2D eigenvalue weighted by Gasteiger charge is -2.12. The average Bonchev–Trinajstić information content (AvgIpc) is 3.46. The maximum Gasteiger partial charge on any atom is 0.224 e. The molecular weight excluding hydrogens is 436 g/mol. The number of nitrogens with one attached hydrogen (secondary N) is 1. The van der Waals surface area contributed by atoms with Crippen molar-refractivity contribution in [2.75, 3.05) is 5.32 Å². The maximum absolute atomic E-state index is 12.8. The number of carbonyl (C=O) groups excluding carboxylic acids is 1. The number of nitrogens with zero attached hydrogens (tertiary/aromatic N) is 1. The van der Waals surface area contributed by atoms with E-state index in [0.29, 0.717) is 41.6 Å². The topological polar surface area (TPSA) is 89.3 Å². The molecule has 1 aliphatic carbocycles. The summed E-state index contributed by atoms with van der Waals surface area (Å²) in [5.41, 5.74) is 1.33. The molecule has 4 rings (SSSR count). The molecule has 6 nitrogen and oxygen atoms in total. The summed E-state index contributed by atoms with van der Waals surface area (Å²) in [7, 11) is -3.36. The second-order valence-electron chi connectivity index (χ2n) is 7.65. The summed E-state index contributed by atoms with van der Waals surface area (Å²) in [6, 6.07) is 13.7. The molecule has 3 aromatic rings. The second kappa shape index (κ2) is 9.24. The quantitative estimate of drug-likeness (QED) is 0.520. The number of aryl methyl sites for hydroxylation is 1. The molecule has 0 unspecified atom stereocenters. The van der Waals surface area contributed by atoms with Crippen LogP contribution in [-0.2, 0) is 21.1 Å². The third-order valence-corrected chi connectivity index (χ3v) is 7.95. The van der Waals surface area contributed by atoms with Crippen LogP contribution in [0, 0.1) is 0 Å². The van der Waals surface area contributed by atoms with Gasteiger partial charge in [-0.3, -0.25) is 4.79 Å². The number of hydrogen-bond donors (Lipinski definition) is 1. The van der Waals surface area contributed by atoms with E-state index in [1.807, 2.05) is 12.1 Å². The fourth-order valence-electron chi connectivity index (χ4n) is 3.76. The minimum Gasteiger partial charge on any atom is -0.441 e. The molecule has 8 heteroatoms. The van der Waals surface area contributed by atoms with E-state index in [4.69, 9.17) is 16.0 Å². The van der Waals surface area contributed by atoms with E-state index in [0.717, 1.165) is 18.4 Å². The van der Waals surface area contributed by atoms with Crippen molar-refractivity contribution < 1.29 is 17.6 Å². The largest absolute Gasteiger partial charge is 0.441 e. The minimum absolute atomic E-state index is 0.167. The van der Waals surface area contributed by atoms with Gasteiger partial charge in [0.15, 0.2) is 21.5 Å². The Balaban J connectivity index is 1.36. The summed E-state index contributed by atoms with van der Waals surface area (Å²) < 4.78 is 31.3. The van der Waals surface area contributed by atoms with Crippen molar-refractivity contribution in [3.63, 3.8) is 0 Å². The Morgan fingerprint density at radius 1 is 1.13 bits per heavy atom. The molecule has 0 saturated heterocycles. The molecule has 1 heterocycles. The summed E-state index contributed by atoms with van der Waals surface area (Å²) >= 11 is 5.90. The first-order chi connectivity index (χ1) is 14.9. The van der Waals surface area contributed by atoms with Crippen LogP contribution in [0.25, 0.3) is 11.3 Å². The van der Waals surface area contributed by atoms with Crippen molar-refractivity contribution in [1.29, 1.82) is 0 Å². The molecule has 0 aliphatic heterocycles. The molecule has 1 fully saturated rings. The molecule has 31 heavy (non-hydrogen) atoms. The molecule has 162 valence electrons. The van der Waals surface area contributed by atoms with E-state index in [9.17, 15) is 13.2 Å². The molecule has 0 atom stereocenters. The van der Waals surface area contributed by atoms with Crippen LogP contribution in [0.1, 0.15) is 38.0 Å². The van der Waals surface area contributed by atoms with E-state index in [1.165, 1.54) is 6.07 Å². The number of rotatable bonds is 7. The fraction of sp³-hybridized carbons (Fsp3) is 0.304. The Morgan fingerprint density at radius 3 is 2.61 bits per heavy atom. The van der Waals surface area contributed by atoms with Gasteiger partial charge in [0.05, 0.1) is 16.3 Å². The van der Waals surface area contributed by atoms with Crippen LogP contribution in [0.4, 0.5) is 5.69 Å². The first-order valence-corrected chi connectivity index (χ1v) is 12.2. The third-order valence-electron chi connectivity index (χ3n) is 5.44. The van der Waals surface area contributed by atoms with E-state index < -0.39 is 9.84 Å². The maximum atomic E-state index is 12.8. The van der Waals surface area contributed by atoms with Gasteiger partial charge < -0.3 is 9.73 Å². The highest BCUT2D eigenvalue weighted by atomic mass is 35.5. The number of sulfone groups is 1. The zero-order valence-electron chi connectivity index (χ0n) is 16.9. The van der Waals surface area contributed by atoms with Crippen molar-refractivity contribution in [2.45, 2.75) is 48.7 Å². The Morgan fingerprint density at radius 2 is 1.87 bits per heavy atom. The highest BCUT2D eigenvalue weighted by Crippen LogP contribution is 2.30. The van der Waals surface area contributed by atoms with Gasteiger partial charge in [-0.2, -0.15) is 0 Å². The fourth-order valence-corrected chi connectivity index (χ4v) is 5.78. The molecule has 1 amide bonds. The number of halogens is 1. The van der Waals surface area contributed by atoms with Crippen molar-refractivity contribution in [1.82, 2.24) is 4.98 Å². The lowest BCUT2D eigenvalue weighted by molar-refractivity contribution is -0.116. The number of oxazole rings is 1. The van der Waals surface area contributed by atoms with E-state index >= 15 is 0 Å². The normalized spacial score (nSPS) is 14.6. The van der Waals surface area contributed by atoms with Crippen LogP contribution in [-0.4, -0.2) is 24.6 Å². The highest BCUT2D eigenvalue weighted by Gasteiger charge is 2.30. The van der Waals surface area contributed by atoms with Crippen molar-refractivity contribution in [3.05, 3.63) is 65.6 Å². The SMILES string of the molecule is O=C(CCc1ncc(-c2ccc(Cl)cc2)o1)Nc1cccc(S(=O)(=O)C2CCCC2)c1. The van der Waals surface area contributed by atoms with Gasteiger partial charge in [0.25, 0.3) is 0 Å². The van der Waals surface area contributed by atoms with Gasteiger partial charge in [-0.05, 0) is 55.3 Å². The Labute approximate surface area is 186 Å². The zero-order chi connectivity index (χ0) is 21.8. The number of aromatic nitrogens is 1. The summed E-state index contributed by atoms with van der Waals surface area (Å²) in [6.45, 7) is 0. The van der Waals surface area contributed by atoms with Crippen LogP contribution in [0.3, 0.4) is 0 Å². The van der Waals surface area contributed by atoms with Gasteiger partial charge >= 0.3 is 0 Å². The van der Waals surface area contributed by atoms with Crippen molar-refractivity contribution in [2.24, 2.45) is 0 Å². The summed E-state index contributed by atoms with van der Waals surface area (Å²) in [5.74, 6) is 0.830. The number of amides is 1. The lowest BCUT2D eigenvalue weighted by atomic mass is 10.2. The summed E-state index contributed by atoms with van der Waals surface area (Å²) in [6.07, 6.45) is 5.41. The van der Waals surface area contributed by atoms with Crippen LogP contribution in [0.2, 0.25) is 5.02 Å². The highest BCUT2D eigenvalue weighted by molar-refractivity contribution is 7.92. The van der Waals surface area contributed by atoms with Gasteiger partial charge in [-0.25, -0.2) is 13.4 Å². The first kappa shape index (κ1) is 21.6. The van der Waals surface area contributed by atoms with Gasteiger partial charge in [-0.1, -0.05) is 30.5 Å². The van der Waals surface area contributed by atoms with E-state index in [1.54, 1.807) is 36.5 Å². The molecule has 1 aromatic heterocycles. The van der Waals surface area contributed by atoms with Crippen LogP contribution in [0.5, 0.6) is 0 Å². The monoisotopic (exact) mass is 458 g/mol. The number of anilines is 1. The van der Waals surface area contributed by atoms with Crippen LogP contribution < -0.4 is 5.32 Å². The Hall–Kier alpha value is -2.64. The molecule has 0 spiro atoms. The Kier molecular flexibility index (Phi) is 6.43. The number of carbonyl (C=O) groups is 1. The molecule has 1 saturated carbocycles. The van der Waals surface area contributed by atoms with Gasteiger partial charge in [0.2, 0.25) is 5.91 Å². The number of hydrogen-bond acceptors (Lipinski definition) is 5. The second-order valence-corrected chi connectivity index (χ2v) is 10.3. The van der Waals surface area contributed by atoms with Gasteiger partial charge in [0, 0.05) is 29.1 Å². The summed E-state index contributed by atoms with van der Waals surface area (Å²) in [4.78, 5) is 16.9. The smallest absolute Gasteiger partial charge is 0.224 e. The lowest BCUT2D eigenvalue weighted by Crippen LogP contribution is -2.18. The van der Waals surface area contributed by atoms with Crippen molar-refractivity contribution >= 4 is 33.0 Å². The molecule has 0 radical (unpaired) electrons. The van der Waals surface area contributed by atoms with Crippen molar-refractivity contribution in [3.8, 4) is 11.3 Å². The van der Waals surface area contributed by atoms with Gasteiger partial charge in [-0.15, -0.1) is 0 Å². The van der Waals surface area contributed by atoms with Crippen LogP contribution >= 0.6 is 11.6 Å². The average molecular weight is 459 g/mol. The summed E-state index contributed by atoms with van der Waals surface area (Å²) in [5, 5.41) is 3.09. The molecule has 1 N–H and O–H groups in total. The molecule has 1 aliphatic rings. The zero-order valence-corrected chi connectivity index (χ0v) is 18.5. The standard InChI is InChI=1S/C23H23ClN2O4S/c24-17-10-8-16(9-11-17)21-15-25-23(30-21)13-12-22(27)26-18-4-3-7-20(14-18)31(28,29)19-5-1-2-6-19/h3-4,7-11,14-15,19H,1-2,5-6,12-13H2,(H,26,27). The predicted octanol–water partition coefficient (Wildman–Crippen LogP) is 5.28. The minimum atomic E-state index is -3.36. The van der Waals surface area contributed by atoms with Gasteiger partial charge in [0.1, 0.15) is 0 Å². The predicted molar refractivity (Wildman–Crippen MR) is 120 cm³/mol. The molecule has 0 bridgehead atoms. The number of benzene rings is 2. The van der Waals surface area contributed by atoms with E-state index in [2.05, 4.69) is 10.3 Å². The van der Waals surface area contributed by atoms with Crippen LogP contribution in [0.15, 0.2) is 64.0 Å². The Bertz CT molecular complexity index is 1170. The molecule has 2 aromatic carbocycles. The van der Waals surface area contributed by atoms with E-state index in [-0.39, 0.29) is 22.5 Å².